The van der Waals surface area contributed by atoms with E-state index in [4.69, 9.17) is 4.74 Å². The Kier molecular flexibility index (Phi) is 5.05. The fraction of sp³-hybridized carbons (Fsp3) is 0.389. The van der Waals surface area contributed by atoms with E-state index in [1.165, 1.54) is 0 Å². The standard InChI is InChI=1S/C18H22N4O2/c1-3-24-18-14(6-5-10-19-18)15-7-4-8-16(21-15)17(23)20-13-9-11-22(2)12-13/h4-8,10,13H,3,9,11-12H2,1-2H3,(H,20,23)/t13-/m1/s1. The number of nitrogens with zero attached hydrogens (tertiary/aromatic N) is 3. The minimum absolute atomic E-state index is 0.140. The smallest absolute Gasteiger partial charge is 0.270 e. The summed E-state index contributed by atoms with van der Waals surface area (Å²) in [6.07, 6.45) is 2.65. The molecule has 6 heteroatoms. The van der Waals surface area contributed by atoms with Crippen molar-refractivity contribution in [3.8, 4) is 17.1 Å². The maximum Gasteiger partial charge on any atom is 0.270 e. The molecule has 1 N–H and O–H groups in total. The molecule has 1 atom stereocenters. The lowest BCUT2D eigenvalue weighted by Gasteiger charge is -2.13. The van der Waals surface area contributed by atoms with Gasteiger partial charge < -0.3 is 15.0 Å². The van der Waals surface area contributed by atoms with Crippen molar-refractivity contribution < 1.29 is 9.53 Å². The highest BCUT2D eigenvalue weighted by atomic mass is 16.5. The van der Waals surface area contributed by atoms with Gasteiger partial charge in [0.15, 0.2) is 0 Å². The summed E-state index contributed by atoms with van der Waals surface area (Å²) in [6.45, 7) is 4.32. The summed E-state index contributed by atoms with van der Waals surface area (Å²) in [5.74, 6) is 0.390. The van der Waals surface area contributed by atoms with Crippen LogP contribution in [0, 0.1) is 0 Å². The monoisotopic (exact) mass is 326 g/mol. The van der Waals surface area contributed by atoms with Gasteiger partial charge in [0, 0.05) is 18.8 Å². The number of hydrogen-bond donors (Lipinski definition) is 1. The number of hydrogen-bond acceptors (Lipinski definition) is 5. The molecule has 126 valence electrons. The quantitative estimate of drug-likeness (QED) is 0.910. The number of ether oxygens (including phenoxy) is 1. The second kappa shape index (κ2) is 7.40. The van der Waals surface area contributed by atoms with Gasteiger partial charge in [0.25, 0.3) is 5.91 Å². The van der Waals surface area contributed by atoms with Gasteiger partial charge in [0.2, 0.25) is 5.88 Å². The number of carbonyl (C=O) groups excluding carboxylic acids is 1. The lowest BCUT2D eigenvalue weighted by atomic mass is 10.1. The summed E-state index contributed by atoms with van der Waals surface area (Å²) in [6, 6.07) is 9.34. The number of nitrogens with one attached hydrogen (secondary N) is 1. The molecule has 0 aliphatic carbocycles. The Morgan fingerprint density at radius 1 is 1.38 bits per heavy atom. The summed E-state index contributed by atoms with van der Waals surface area (Å²) >= 11 is 0. The van der Waals surface area contributed by atoms with E-state index in [-0.39, 0.29) is 11.9 Å². The van der Waals surface area contributed by atoms with Gasteiger partial charge in [0.1, 0.15) is 5.69 Å². The highest BCUT2D eigenvalue weighted by Crippen LogP contribution is 2.26. The Labute approximate surface area is 141 Å². The fourth-order valence-corrected chi connectivity index (χ4v) is 2.86. The molecule has 24 heavy (non-hydrogen) atoms. The van der Waals surface area contributed by atoms with Crippen molar-refractivity contribution in [2.24, 2.45) is 0 Å². The van der Waals surface area contributed by atoms with E-state index in [1.54, 1.807) is 12.3 Å². The first kappa shape index (κ1) is 16.4. The zero-order chi connectivity index (χ0) is 16.9. The van der Waals surface area contributed by atoms with Crippen LogP contribution >= 0.6 is 0 Å². The number of rotatable bonds is 5. The number of carbonyl (C=O) groups is 1. The molecule has 0 unspecified atom stereocenters. The third-order valence-electron chi connectivity index (χ3n) is 4.04. The lowest BCUT2D eigenvalue weighted by Crippen LogP contribution is -2.36. The molecule has 3 heterocycles. The molecule has 1 saturated heterocycles. The molecule has 1 fully saturated rings. The largest absolute Gasteiger partial charge is 0.477 e. The minimum Gasteiger partial charge on any atom is -0.477 e. The van der Waals surface area contributed by atoms with Crippen molar-refractivity contribution in [2.45, 2.75) is 19.4 Å². The van der Waals surface area contributed by atoms with Crippen LogP contribution in [-0.4, -0.2) is 53.6 Å². The van der Waals surface area contributed by atoms with Crippen LogP contribution in [0.1, 0.15) is 23.8 Å². The van der Waals surface area contributed by atoms with Crippen molar-refractivity contribution in [2.75, 3.05) is 26.7 Å². The Hall–Kier alpha value is -2.47. The van der Waals surface area contributed by atoms with E-state index >= 15 is 0 Å². The van der Waals surface area contributed by atoms with Gasteiger partial charge in [-0.25, -0.2) is 9.97 Å². The summed E-state index contributed by atoms with van der Waals surface area (Å²) < 4.78 is 5.55. The molecule has 1 aliphatic rings. The lowest BCUT2D eigenvalue weighted by molar-refractivity contribution is 0.0933. The maximum atomic E-state index is 12.5. The van der Waals surface area contributed by atoms with Crippen LogP contribution in [0.4, 0.5) is 0 Å². The molecular weight excluding hydrogens is 304 g/mol. The number of aromatic nitrogens is 2. The van der Waals surface area contributed by atoms with Gasteiger partial charge in [-0.3, -0.25) is 4.79 Å². The van der Waals surface area contributed by atoms with Crippen molar-refractivity contribution >= 4 is 5.91 Å². The summed E-state index contributed by atoms with van der Waals surface area (Å²) in [5.41, 5.74) is 1.88. The van der Waals surface area contributed by atoms with Crippen LogP contribution in [0.25, 0.3) is 11.3 Å². The van der Waals surface area contributed by atoms with Crippen molar-refractivity contribution in [3.63, 3.8) is 0 Å². The van der Waals surface area contributed by atoms with E-state index < -0.39 is 0 Å². The molecule has 2 aromatic heterocycles. The van der Waals surface area contributed by atoms with Gasteiger partial charge in [-0.2, -0.15) is 0 Å². The molecule has 0 radical (unpaired) electrons. The van der Waals surface area contributed by atoms with E-state index in [9.17, 15) is 4.79 Å². The zero-order valence-corrected chi connectivity index (χ0v) is 14.0. The van der Waals surface area contributed by atoms with E-state index in [0.717, 1.165) is 25.1 Å². The molecule has 3 rings (SSSR count). The number of likely N-dealkylation sites (N-methyl/N-ethyl adjacent to an activating group) is 1. The molecule has 6 nitrogen and oxygen atoms in total. The summed E-state index contributed by atoms with van der Waals surface area (Å²) in [7, 11) is 2.06. The van der Waals surface area contributed by atoms with Gasteiger partial charge in [-0.15, -0.1) is 0 Å². The molecule has 0 spiro atoms. The zero-order valence-electron chi connectivity index (χ0n) is 14.0. The Morgan fingerprint density at radius 3 is 3.00 bits per heavy atom. The Bertz CT molecular complexity index is 720. The van der Waals surface area contributed by atoms with E-state index in [2.05, 4.69) is 27.2 Å². The number of amides is 1. The predicted octanol–water partition coefficient (Wildman–Crippen LogP) is 1.98. The highest BCUT2D eigenvalue weighted by molar-refractivity contribution is 5.93. The molecule has 1 amide bonds. The van der Waals surface area contributed by atoms with Crippen LogP contribution < -0.4 is 10.1 Å². The summed E-state index contributed by atoms with van der Waals surface area (Å²) in [5, 5.41) is 3.05. The molecule has 0 aromatic carbocycles. The Morgan fingerprint density at radius 2 is 2.25 bits per heavy atom. The Balaban J connectivity index is 1.80. The topological polar surface area (TPSA) is 67.3 Å². The van der Waals surface area contributed by atoms with Gasteiger partial charge in [-0.1, -0.05) is 6.07 Å². The van der Waals surface area contributed by atoms with Gasteiger partial charge >= 0.3 is 0 Å². The van der Waals surface area contributed by atoms with Crippen molar-refractivity contribution in [1.29, 1.82) is 0 Å². The first-order valence-electron chi connectivity index (χ1n) is 8.22. The molecule has 0 saturated carbocycles. The second-order valence-electron chi connectivity index (χ2n) is 5.92. The molecular formula is C18H22N4O2. The average molecular weight is 326 g/mol. The summed E-state index contributed by atoms with van der Waals surface area (Å²) in [4.78, 5) is 23.4. The van der Waals surface area contributed by atoms with Gasteiger partial charge in [-0.05, 0) is 51.2 Å². The van der Waals surface area contributed by atoms with E-state index in [1.807, 2.05) is 31.2 Å². The van der Waals surface area contributed by atoms with Crippen LogP contribution in [0.15, 0.2) is 36.5 Å². The maximum absolute atomic E-state index is 12.5. The fourth-order valence-electron chi connectivity index (χ4n) is 2.86. The van der Waals surface area contributed by atoms with Crippen molar-refractivity contribution in [3.05, 3.63) is 42.2 Å². The van der Waals surface area contributed by atoms with Crippen LogP contribution in [0.3, 0.4) is 0 Å². The van der Waals surface area contributed by atoms with E-state index in [0.29, 0.717) is 23.9 Å². The van der Waals surface area contributed by atoms with Gasteiger partial charge in [0.05, 0.1) is 17.9 Å². The normalized spacial score (nSPS) is 17.7. The molecule has 2 aromatic rings. The number of likely N-dealkylation sites (tertiary alicyclic amines) is 1. The molecule has 1 aliphatic heterocycles. The minimum atomic E-state index is -0.140. The second-order valence-corrected chi connectivity index (χ2v) is 5.92. The van der Waals surface area contributed by atoms with Crippen molar-refractivity contribution in [1.82, 2.24) is 20.2 Å². The predicted molar refractivity (Wildman–Crippen MR) is 92.0 cm³/mol. The average Bonchev–Trinajstić information content (AvgIpc) is 3.01. The highest BCUT2D eigenvalue weighted by Gasteiger charge is 2.22. The first-order chi connectivity index (χ1) is 11.7. The first-order valence-corrected chi connectivity index (χ1v) is 8.22. The molecule has 0 bridgehead atoms. The third-order valence-corrected chi connectivity index (χ3v) is 4.04. The van der Waals surface area contributed by atoms with Crippen LogP contribution in [0.5, 0.6) is 5.88 Å². The number of pyridine rings is 2. The van der Waals surface area contributed by atoms with Crippen LogP contribution in [0.2, 0.25) is 0 Å². The van der Waals surface area contributed by atoms with Crippen LogP contribution in [-0.2, 0) is 0 Å². The third kappa shape index (κ3) is 3.71. The SMILES string of the molecule is CCOc1ncccc1-c1cccc(C(=O)N[C@@H]2CCN(C)C2)n1.